The van der Waals surface area contributed by atoms with Crippen LogP contribution in [0.15, 0.2) is 0 Å². The third-order valence-electron chi connectivity index (χ3n) is 2.78. The molecule has 1 unspecified atom stereocenters. The van der Waals surface area contributed by atoms with Gasteiger partial charge in [0.15, 0.2) is 0 Å². The van der Waals surface area contributed by atoms with Gasteiger partial charge in [-0.2, -0.15) is 0 Å². The molecule has 1 rings (SSSR count). The number of hydrogen-bond donors (Lipinski definition) is 1. The van der Waals surface area contributed by atoms with Crippen molar-refractivity contribution in [1.82, 2.24) is 0 Å². The van der Waals surface area contributed by atoms with Crippen LogP contribution < -0.4 is 5.73 Å². The molecule has 0 aromatic carbocycles. The summed E-state index contributed by atoms with van der Waals surface area (Å²) in [5, 5.41) is 0.0529. The van der Waals surface area contributed by atoms with Gasteiger partial charge in [-0.25, -0.2) is 0 Å². The molecular weight excluding hydrogens is 165 g/mol. The highest BCUT2D eigenvalue weighted by molar-refractivity contribution is 7.18. The van der Waals surface area contributed by atoms with Crippen LogP contribution in [0.3, 0.4) is 0 Å². The summed E-state index contributed by atoms with van der Waals surface area (Å²) in [6.07, 6.45) is 12.1. The van der Waals surface area contributed by atoms with E-state index in [2.05, 4.69) is 9.24 Å². The molecule has 0 aliphatic heterocycles. The summed E-state index contributed by atoms with van der Waals surface area (Å²) in [6.45, 7) is 0. The van der Waals surface area contributed by atoms with Crippen molar-refractivity contribution in [3.8, 4) is 0 Å². The molecule has 1 aliphatic carbocycles. The van der Waals surface area contributed by atoms with Gasteiger partial charge in [0.05, 0.1) is 0 Å². The molecule has 12 heavy (non-hydrogen) atoms. The largest absolute Gasteiger partial charge is 0.322 e. The Labute approximate surface area is 78.7 Å². The summed E-state index contributed by atoms with van der Waals surface area (Å²) in [7, 11) is 2.84. The lowest BCUT2D eigenvalue weighted by Crippen LogP contribution is -2.32. The predicted octanol–water partition coefficient (Wildman–Crippen LogP) is 3.04. The lowest BCUT2D eigenvalue weighted by molar-refractivity contribution is 0.432. The van der Waals surface area contributed by atoms with Crippen molar-refractivity contribution in [2.24, 2.45) is 5.73 Å². The number of nitrogens with two attached hydrogens (primary N) is 1. The first kappa shape index (κ1) is 10.5. The van der Waals surface area contributed by atoms with Crippen molar-refractivity contribution in [1.29, 1.82) is 0 Å². The second-order valence-electron chi connectivity index (χ2n) is 4.21. The quantitative estimate of drug-likeness (QED) is 0.579. The lowest BCUT2D eigenvalue weighted by Gasteiger charge is -2.25. The molecule has 72 valence electrons. The monoisotopic (exact) mass is 187 g/mol. The van der Waals surface area contributed by atoms with E-state index in [-0.39, 0.29) is 5.28 Å². The van der Waals surface area contributed by atoms with Crippen LogP contribution in [0.4, 0.5) is 0 Å². The zero-order valence-electron chi connectivity index (χ0n) is 8.02. The molecule has 0 saturated heterocycles. The minimum Gasteiger partial charge on any atom is -0.322 e. The molecule has 2 heteroatoms. The Bertz CT molecular complexity index is 111. The molecule has 1 aliphatic rings. The molecule has 0 aromatic rings. The Kier molecular flexibility index (Phi) is 4.53. The Morgan fingerprint density at radius 3 is 1.50 bits per heavy atom. The summed E-state index contributed by atoms with van der Waals surface area (Å²) in [4.78, 5) is 0. The van der Waals surface area contributed by atoms with Gasteiger partial charge in [0.25, 0.3) is 0 Å². The molecule has 1 nitrogen and oxygen atoms in total. The molecule has 0 spiro atoms. The maximum absolute atomic E-state index is 6.13. The van der Waals surface area contributed by atoms with Crippen LogP contribution in [0.25, 0.3) is 0 Å². The van der Waals surface area contributed by atoms with Crippen molar-refractivity contribution in [2.45, 2.75) is 63.1 Å². The smallest absolute Gasteiger partial charge is 0.0297 e. The first-order chi connectivity index (χ1) is 5.71. The van der Waals surface area contributed by atoms with E-state index in [0.717, 1.165) is 0 Å². The van der Waals surface area contributed by atoms with Gasteiger partial charge in [-0.05, 0) is 12.8 Å². The molecule has 0 aromatic heterocycles. The average Bonchev–Trinajstić information content (AvgIpc) is 2.02. The summed E-state index contributed by atoms with van der Waals surface area (Å²) in [5.41, 5.74) is 6.13. The molecule has 0 heterocycles. The molecule has 0 amide bonds. The van der Waals surface area contributed by atoms with Crippen LogP contribution in [0.5, 0.6) is 0 Å². The standard InChI is InChI=1S/C10H22NP/c11-10(12)8-6-4-2-1-3-5-7-9-10/h1-9,11-12H2. The number of hydrogen-bond acceptors (Lipinski definition) is 1. The summed E-state index contributed by atoms with van der Waals surface area (Å²) in [5.74, 6) is 0. The van der Waals surface area contributed by atoms with E-state index in [1.54, 1.807) is 0 Å². The fourth-order valence-corrected chi connectivity index (χ4v) is 2.33. The fraction of sp³-hybridized carbons (Fsp3) is 1.00. The number of rotatable bonds is 0. The molecule has 0 radical (unpaired) electrons. The molecule has 1 fully saturated rings. The van der Waals surface area contributed by atoms with Gasteiger partial charge in [-0.3, -0.25) is 0 Å². The normalized spacial score (nSPS) is 26.5. The van der Waals surface area contributed by atoms with Gasteiger partial charge in [0, 0.05) is 5.28 Å². The van der Waals surface area contributed by atoms with E-state index < -0.39 is 0 Å². The minimum atomic E-state index is 0.0529. The molecule has 2 N–H and O–H groups in total. The van der Waals surface area contributed by atoms with Gasteiger partial charge in [-0.1, -0.05) is 44.9 Å². The average molecular weight is 187 g/mol. The molecule has 0 bridgehead atoms. The topological polar surface area (TPSA) is 26.0 Å². The van der Waals surface area contributed by atoms with Gasteiger partial charge in [0.2, 0.25) is 0 Å². The van der Waals surface area contributed by atoms with Crippen molar-refractivity contribution in [3.05, 3.63) is 0 Å². The van der Waals surface area contributed by atoms with E-state index in [1.165, 1.54) is 57.8 Å². The van der Waals surface area contributed by atoms with Gasteiger partial charge in [-0.15, -0.1) is 9.24 Å². The molecule has 1 atom stereocenters. The zero-order chi connectivity index (χ0) is 8.86. The summed E-state index contributed by atoms with van der Waals surface area (Å²) >= 11 is 0. The van der Waals surface area contributed by atoms with Crippen molar-refractivity contribution >= 4 is 9.24 Å². The van der Waals surface area contributed by atoms with E-state index in [1.807, 2.05) is 0 Å². The van der Waals surface area contributed by atoms with Crippen LogP contribution in [0.2, 0.25) is 0 Å². The Balaban J connectivity index is 2.27. The van der Waals surface area contributed by atoms with Crippen LogP contribution in [-0.2, 0) is 0 Å². The SMILES string of the molecule is NC1(P)CCCCCCCCC1. The van der Waals surface area contributed by atoms with E-state index in [4.69, 9.17) is 5.73 Å². The second-order valence-corrected chi connectivity index (χ2v) is 5.36. The Morgan fingerprint density at radius 1 is 0.750 bits per heavy atom. The van der Waals surface area contributed by atoms with Crippen molar-refractivity contribution in [3.63, 3.8) is 0 Å². The first-order valence-corrected chi connectivity index (χ1v) is 5.86. The first-order valence-electron chi connectivity index (χ1n) is 5.28. The maximum Gasteiger partial charge on any atom is 0.0297 e. The van der Waals surface area contributed by atoms with Crippen LogP contribution in [-0.4, -0.2) is 5.28 Å². The summed E-state index contributed by atoms with van der Waals surface area (Å²) < 4.78 is 0. The molecule has 1 saturated carbocycles. The zero-order valence-corrected chi connectivity index (χ0v) is 9.17. The highest BCUT2D eigenvalue weighted by atomic mass is 31.0. The van der Waals surface area contributed by atoms with E-state index in [0.29, 0.717) is 0 Å². The van der Waals surface area contributed by atoms with E-state index in [9.17, 15) is 0 Å². The van der Waals surface area contributed by atoms with Gasteiger partial charge < -0.3 is 5.73 Å². The van der Waals surface area contributed by atoms with Crippen molar-refractivity contribution < 1.29 is 0 Å². The maximum atomic E-state index is 6.13. The third-order valence-corrected chi connectivity index (χ3v) is 3.36. The predicted molar refractivity (Wildman–Crippen MR) is 58.2 cm³/mol. The Morgan fingerprint density at radius 2 is 1.08 bits per heavy atom. The lowest BCUT2D eigenvalue weighted by atomic mass is 9.97. The van der Waals surface area contributed by atoms with Crippen LogP contribution >= 0.6 is 9.24 Å². The summed E-state index contributed by atoms with van der Waals surface area (Å²) in [6, 6.07) is 0. The fourth-order valence-electron chi connectivity index (χ4n) is 1.92. The van der Waals surface area contributed by atoms with Crippen LogP contribution in [0.1, 0.15) is 57.8 Å². The van der Waals surface area contributed by atoms with Gasteiger partial charge >= 0.3 is 0 Å². The third kappa shape index (κ3) is 4.42. The minimum absolute atomic E-state index is 0.0529. The second kappa shape index (κ2) is 5.19. The molecular formula is C10H22NP. The van der Waals surface area contributed by atoms with E-state index >= 15 is 0 Å². The highest BCUT2D eigenvalue weighted by Crippen LogP contribution is 2.27. The van der Waals surface area contributed by atoms with Gasteiger partial charge in [0.1, 0.15) is 0 Å². The van der Waals surface area contributed by atoms with Crippen molar-refractivity contribution in [2.75, 3.05) is 0 Å². The van der Waals surface area contributed by atoms with Crippen LogP contribution in [0, 0.1) is 0 Å². The Hall–Kier alpha value is 0.390. The highest BCUT2D eigenvalue weighted by Gasteiger charge is 2.17.